The molecule has 0 unspecified atom stereocenters. The third-order valence-electron chi connectivity index (χ3n) is 4.66. The number of ketones is 1. The van der Waals surface area contributed by atoms with Gasteiger partial charge >= 0.3 is 0 Å². The Labute approximate surface area is 146 Å². The fourth-order valence-electron chi connectivity index (χ4n) is 3.02. The molecule has 0 bridgehead atoms. The zero-order valence-corrected chi connectivity index (χ0v) is 14.7. The number of unbranched alkanes of at least 4 members (excludes halogenated alkanes) is 1. The lowest BCUT2D eigenvalue weighted by molar-refractivity contribution is 0.101. The third kappa shape index (κ3) is 3.18. The van der Waals surface area contributed by atoms with Crippen LogP contribution in [0, 0.1) is 0 Å². The van der Waals surface area contributed by atoms with Gasteiger partial charge in [0, 0.05) is 35.0 Å². The van der Waals surface area contributed by atoms with Crippen molar-refractivity contribution in [3.05, 3.63) is 35.8 Å². The highest BCUT2D eigenvalue weighted by Crippen LogP contribution is 2.32. The number of nitrogens with one attached hydrogen (secondary N) is 1. The second kappa shape index (κ2) is 6.39. The van der Waals surface area contributed by atoms with Crippen molar-refractivity contribution in [3.8, 4) is 0 Å². The topological polar surface area (TPSA) is 67.8 Å². The van der Waals surface area contributed by atoms with Crippen LogP contribution in [0.15, 0.2) is 24.4 Å². The van der Waals surface area contributed by atoms with Crippen molar-refractivity contribution in [2.45, 2.75) is 52.0 Å². The molecule has 0 atom stereocenters. The first-order valence-electron chi connectivity index (χ1n) is 9.02. The van der Waals surface area contributed by atoms with Gasteiger partial charge in [-0.05, 0) is 32.3 Å². The van der Waals surface area contributed by atoms with E-state index in [9.17, 15) is 4.79 Å². The van der Waals surface area contributed by atoms with Crippen LogP contribution < -0.4 is 5.32 Å². The molecule has 1 aliphatic rings. The lowest BCUT2D eigenvalue weighted by Crippen LogP contribution is -2.07. The van der Waals surface area contributed by atoms with Gasteiger partial charge in [-0.3, -0.25) is 4.79 Å². The zero-order valence-electron chi connectivity index (χ0n) is 14.7. The SMILES string of the molecule is CCCCc1ncc2c(n1)c(NC1CC1)nc1cc(C(C)=O)ccc12. The first-order chi connectivity index (χ1) is 12.2. The van der Waals surface area contributed by atoms with E-state index in [1.165, 1.54) is 12.8 Å². The number of aryl methyl sites for hydroxylation is 1. The number of fused-ring (bicyclic) bond motifs is 3. The molecule has 5 nitrogen and oxygen atoms in total. The van der Waals surface area contributed by atoms with Crippen molar-refractivity contribution in [2.24, 2.45) is 0 Å². The number of anilines is 1. The van der Waals surface area contributed by atoms with Crippen LogP contribution in [-0.4, -0.2) is 26.8 Å². The molecule has 0 aliphatic heterocycles. The van der Waals surface area contributed by atoms with Crippen molar-refractivity contribution < 1.29 is 4.79 Å². The number of rotatable bonds is 6. The molecule has 1 N–H and O–H groups in total. The molecule has 1 fully saturated rings. The molecule has 3 aromatic rings. The molecule has 0 radical (unpaired) electrons. The molecular weight excluding hydrogens is 312 g/mol. The molecule has 2 heterocycles. The minimum Gasteiger partial charge on any atom is -0.366 e. The standard InChI is InChI=1S/C20H22N4O/c1-3-4-5-18-21-11-16-15-9-6-13(12(2)25)10-17(15)23-20(19(16)24-18)22-14-7-8-14/h6,9-11,14H,3-5,7-8H2,1-2H3,(H,22,23). The Morgan fingerprint density at radius 3 is 2.80 bits per heavy atom. The molecule has 1 aliphatic carbocycles. The van der Waals surface area contributed by atoms with E-state index in [1.54, 1.807) is 6.92 Å². The van der Waals surface area contributed by atoms with Gasteiger partial charge in [-0.15, -0.1) is 0 Å². The molecule has 5 heteroatoms. The van der Waals surface area contributed by atoms with E-state index in [0.717, 1.165) is 52.7 Å². The molecule has 1 saturated carbocycles. The summed E-state index contributed by atoms with van der Waals surface area (Å²) in [7, 11) is 0. The summed E-state index contributed by atoms with van der Waals surface area (Å²) < 4.78 is 0. The van der Waals surface area contributed by atoms with Gasteiger partial charge in [0.2, 0.25) is 0 Å². The Morgan fingerprint density at radius 2 is 2.08 bits per heavy atom. The van der Waals surface area contributed by atoms with E-state index in [2.05, 4.69) is 17.2 Å². The average Bonchev–Trinajstić information content (AvgIpc) is 3.43. The molecule has 2 aromatic heterocycles. The van der Waals surface area contributed by atoms with E-state index >= 15 is 0 Å². The Hall–Kier alpha value is -2.56. The molecule has 25 heavy (non-hydrogen) atoms. The first-order valence-corrected chi connectivity index (χ1v) is 9.02. The fraction of sp³-hybridized carbons (Fsp3) is 0.400. The minimum atomic E-state index is 0.0478. The van der Waals surface area contributed by atoms with Gasteiger partial charge in [0.05, 0.1) is 5.52 Å². The van der Waals surface area contributed by atoms with E-state index in [-0.39, 0.29) is 5.78 Å². The van der Waals surface area contributed by atoms with Crippen LogP contribution in [0.2, 0.25) is 0 Å². The van der Waals surface area contributed by atoms with E-state index < -0.39 is 0 Å². The smallest absolute Gasteiger partial charge is 0.159 e. The molecule has 1 aromatic carbocycles. The maximum absolute atomic E-state index is 11.7. The van der Waals surface area contributed by atoms with E-state index in [4.69, 9.17) is 9.97 Å². The molecule has 0 amide bonds. The summed E-state index contributed by atoms with van der Waals surface area (Å²) in [4.78, 5) is 25.8. The van der Waals surface area contributed by atoms with Gasteiger partial charge in [-0.2, -0.15) is 0 Å². The van der Waals surface area contributed by atoms with Crippen LogP contribution in [-0.2, 0) is 6.42 Å². The predicted molar refractivity (Wildman–Crippen MR) is 100 cm³/mol. The average molecular weight is 334 g/mol. The lowest BCUT2D eigenvalue weighted by atomic mass is 10.1. The Bertz CT molecular complexity index is 963. The highest BCUT2D eigenvalue weighted by Gasteiger charge is 2.23. The van der Waals surface area contributed by atoms with Crippen LogP contribution in [0.4, 0.5) is 5.82 Å². The summed E-state index contributed by atoms with van der Waals surface area (Å²) in [6.45, 7) is 3.75. The van der Waals surface area contributed by atoms with Crippen molar-refractivity contribution in [2.75, 3.05) is 5.32 Å². The lowest BCUT2D eigenvalue weighted by Gasteiger charge is -2.12. The van der Waals surface area contributed by atoms with Crippen LogP contribution >= 0.6 is 0 Å². The Kier molecular flexibility index (Phi) is 4.07. The number of aromatic nitrogens is 3. The number of nitrogens with zero attached hydrogens (tertiary/aromatic N) is 3. The summed E-state index contributed by atoms with van der Waals surface area (Å²) >= 11 is 0. The number of carbonyl (C=O) groups is 1. The van der Waals surface area contributed by atoms with Gasteiger partial charge in [-0.1, -0.05) is 25.5 Å². The number of carbonyl (C=O) groups excluding carboxylic acids is 1. The largest absolute Gasteiger partial charge is 0.366 e. The normalized spacial score (nSPS) is 14.2. The summed E-state index contributed by atoms with van der Waals surface area (Å²) in [6.07, 6.45) is 7.34. The number of pyridine rings is 1. The second-order valence-corrected chi connectivity index (χ2v) is 6.82. The second-order valence-electron chi connectivity index (χ2n) is 6.82. The van der Waals surface area contributed by atoms with Crippen LogP contribution in [0.5, 0.6) is 0 Å². The minimum absolute atomic E-state index is 0.0478. The maximum atomic E-state index is 11.7. The third-order valence-corrected chi connectivity index (χ3v) is 4.66. The molecule has 0 spiro atoms. The summed E-state index contributed by atoms with van der Waals surface area (Å²) in [5.74, 6) is 1.73. The molecular formula is C20H22N4O. The van der Waals surface area contributed by atoms with Gasteiger partial charge in [0.15, 0.2) is 11.6 Å². The number of Topliss-reactive ketones (excluding diaryl/α,β-unsaturated/α-hetero) is 1. The van der Waals surface area contributed by atoms with Crippen LogP contribution in [0.1, 0.15) is 55.7 Å². The van der Waals surface area contributed by atoms with Crippen molar-refractivity contribution in [1.29, 1.82) is 0 Å². The molecule has 0 saturated heterocycles. The van der Waals surface area contributed by atoms with Gasteiger partial charge in [0.25, 0.3) is 0 Å². The monoisotopic (exact) mass is 334 g/mol. The van der Waals surface area contributed by atoms with Crippen molar-refractivity contribution >= 4 is 33.4 Å². The van der Waals surface area contributed by atoms with Gasteiger partial charge < -0.3 is 5.32 Å². The Morgan fingerprint density at radius 1 is 1.24 bits per heavy atom. The van der Waals surface area contributed by atoms with E-state index in [1.807, 2.05) is 24.4 Å². The number of hydrogen-bond donors (Lipinski definition) is 1. The summed E-state index contributed by atoms with van der Waals surface area (Å²) in [5.41, 5.74) is 2.38. The zero-order chi connectivity index (χ0) is 17.4. The van der Waals surface area contributed by atoms with Gasteiger partial charge in [-0.25, -0.2) is 15.0 Å². The summed E-state index contributed by atoms with van der Waals surface area (Å²) in [6, 6.07) is 6.15. The van der Waals surface area contributed by atoms with Crippen molar-refractivity contribution in [3.63, 3.8) is 0 Å². The Balaban J connectivity index is 1.91. The quantitative estimate of drug-likeness (QED) is 0.538. The number of hydrogen-bond acceptors (Lipinski definition) is 5. The first kappa shape index (κ1) is 15.9. The van der Waals surface area contributed by atoms with Gasteiger partial charge in [0.1, 0.15) is 11.3 Å². The van der Waals surface area contributed by atoms with Crippen LogP contribution in [0.3, 0.4) is 0 Å². The predicted octanol–water partition coefficient (Wildman–Crippen LogP) is 4.30. The van der Waals surface area contributed by atoms with Crippen LogP contribution in [0.25, 0.3) is 21.8 Å². The fourth-order valence-corrected chi connectivity index (χ4v) is 3.02. The van der Waals surface area contributed by atoms with Crippen molar-refractivity contribution in [1.82, 2.24) is 15.0 Å². The number of benzene rings is 1. The summed E-state index contributed by atoms with van der Waals surface area (Å²) in [5, 5.41) is 5.48. The van der Waals surface area contributed by atoms with E-state index in [0.29, 0.717) is 11.6 Å². The highest BCUT2D eigenvalue weighted by molar-refractivity contribution is 6.10. The molecule has 4 rings (SSSR count). The maximum Gasteiger partial charge on any atom is 0.159 e. The highest BCUT2D eigenvalue weighted by atomic mass is 16.1. The molecule has 128 valence electrons.